The van der Waals surface area contributed by atoms with Gasteiger partial charge in [0.05, 0.1) is 5.69 Å². The topological polar surface area (TPSA) is 37.8 Å². The van der Waals surface area contributed by atoms with Crippen molar-refractivity contribution in [1.29, 1.82) is 0 Å². The molecule has 0 radical (unpaired) electrons. The monoisotopic (exact) mass is 285 g/mol. The van der Waals surface area contributed by atoms with Crippen LogP contribution in [0.2, 0.25) is 0 Å². The second kappa shape index (κ2) is 6.20. The molecule has 4 heteroatoms. The van der Waals surface area contributed by atoms with Crippen molar-refractivity contribution in [1.82, 2.24) is 9.97 Å². The van der Waals surface area contributed by atoms with Crippen molar-refractivity contribution >= 4 is 5.82 Å². The van der Waals surface area contributed by atoms with Crippen molar-refractivity contribution in [3.05, 3.63) is 42.0 Å². The lowest BCUT2D eigenvalue weighted by Gasteiger charge is -2.23. The van der Waals surface area contributed by atoms with Crippen LogP contribution in [0.4, 0.5) is 10.2 Å². The Hall–Kier alpha value is -1.97. The molecule has 1 aliphatic rings. The van der Waals surface area contributed by atoms with E-state index in [0.717, 1.165) is 5.82 Å². The normalized spacial score (nSPS) is 15.9. The van der Waals surface area contributed by atoms with Gasteiger partial charge >= 0.3 is 0 Å². The van der Waals surface area contributed by atoms with E-state index in [1.165, 1.54) is 38.2 Å². The Morgan fingerprint density at radius 2 is 1.86 bits per heavy atom. The summed E-state index contributed by atoms with van der Waals surface area (Å²) in [7, 11) is 0. The molecule has 1 aromatic heterocycles. The second-order valence-corrected chi connectivity index (χ2v) is 5.64. The summed E-state index contributed by atoms with van der Waals surface area (Å²) in [4.78, 5) is 8.81. The molecule has 0 aliphatic heterocycles. The molecule has 0 spiro atoms. The number of benzene rings is 1. The Kier molecular flexibility index (Phi) is 4.13. The van der Waals surface area contributed by atoms with Crippen molar-refractivity contribution in [2.75, 3.05) is 5.32 Å². The predicted molar refractivity (Wildman–Crippen MR) is 82.7 cm³/mol. The van der Waals surface area contributed by atoms with Crippen molar-refractivity contribution in [2.45, 2.75) is 45.1 Å². The van der Waals surface area contributed by atoms with E-state index in [1.807, 2.05) is 19.1 Å². The van der Waals surface area contributed by atoms with Crippen molar-refractivity contribution in [3.8, 4) is 11.3 Å². The van der Waals surface area contributed by atoms with Crippen LogP contribution in [-0.4, -0.2) is 16.0 Å². The first kappa shape index (κ1) is 14.0. The number of aromatic nitrogens is 2. The van der Waals surface area contributed by atoms with E-state index in [-0.39, 0.29) is 5.82 Å². The third-order valence-corrected chi connectivity index (χ3v) is 3.94. The molecule has 1 aliphatic carbocycles. The number of nitrogens with zero attached hydrogens (tertiary/aromatic N) is 2. The Morgan fingerprint density at radius 1 is 1.10 bits per heavy atom. The lowest BCUT2D eigenvalue weighted by molar-refractivity contribution is 0.462. The van der Waals surface area contributed by atoms with Crippen LogP contribution in [0.5, 0.6) is 0 Å². The highest BCUT2D eigenvalue weighted by atomic mass is 19.1. The fourth-order valence-electron chi connectivity index (χ4n) is 2.90. The van der Waals surface area contributed by atoms with E-state index in [9.17, 15) is 4.39 Å². The zero-order valence-electron chi connectivity index (χ0n) is 12.3. The lowest BCUT2D eigenvalue weighted by atomic mass is 9.95. The van der Waals surface area contributed by atoms with Crippen LogP contribution in [0.1, 0.15) is 37.9 Å². The molecule has 1 aromatic carbocycles. The van der Waals surface area contributed by atoms with Gasteiger partial charge in [-0.05, 0) is 31.9 Å². The third kappa shape index (κ3) is 3.38. The zero-order valence-corrected chi connectivity index (χ0v) is 12.3. The first-order valence-corrected chi connectivity index (χ1v) is 7.59. The molecule has 3 rings (SSSR count). The number of anilines is 1. The van der Waals surface area contributed by atoms with E-state index in [2.05, 4.69) is 15.3 Å². The van der Waals surface area contributed by atoms with Gasteiger partial charge in [0, 0.05) is 17.7 Å². The number of rotatable bonds is 3. The predicted octanol–water partition coefficient (Wildman–Crippen LogP) is 4.34. The molecular weight excluding hydrogens is 265 g/mol. The van der Waals surface area contributed by atoms with Crippen molar-refractivity contribution in [2.24, 2.45) is 0 Å². The number of aryl methyl sites for hydroxylation is 1. The third-order valence-electron chi connectivity index (χ3n) is 3.94. The van der Waals surface area contributed by atoms with Crippen LogP contribution in [0.25, 0.3) is 11.3 Å². The van der Waals surface area contributed by atoms with Crippen LogP contribution in [0.3, 0.4) is 0 Å². The molecular formula is C17H20FN3. The Bertz CT molecular complexity index is 621. The summed E-state index contributed by atoms with van der Waals surface area (Å²) < 4.78 is 13.9. The van der Waals surface area contributed by atoms with Gasteiger partial charge < -0.3 is 5.32 Å². The molecule has 1 saturated carbocycles. The van der Waals surface area contributed by atoms with E-state index in [4.69, 9.17) is 0 Å². The first-order valence-electron chi connectivity index (χ1n) is 7.59. The molecule has 110 valence electrons. The van der Waals surface area contributed by atoms with E-state index in [0.29, 0.717) is 23.1 Å². The zero-order chi connectivity index (χ0) is 14.7. The Balaban J connectivity index is 1.87. The quantitative estimate of drug-likeness (QED) is 0.911. The molecule has 1 heterocycles. The van der Waals surface area contributed by atoms with Crippen molar-refractivity contribution < 1.29 is 4.39 Å². The molecule has 0 bridgehead atoms. The minimum atomic E-state index is -0.251. The maximum atomic E-state index is 13.9. The highest BCUT2D eigenvalue weighted by Crippen LogP contribution is 2.25. The number of nitrogens with one attached hydrogen (secondary N) is 1. The summed E-state index contributed by atoms with van der Waals surface area (Å²) in [5.41, 5.74) is 1.16. The summed E-state index contributed by atoms with van der Waals surface area (Å²) in [6, 6.07) is 9.04. The fourth-order valence-corrected chi connectivity index (χ4v) is 2.90. The minimum Gasteiger partial charge on any atom is -0.367 e. The van der Waals surface area contributed by atoms with Gasteiger partial charge in [0.25, 0.3) is 0 Å². The molecule has 1 N–H and O–H groups in total. The van der Waals surface area contributed by atoms with Crippen LogP contribution in [-0.2, 0) is 0 Å². The van der Waals surface area contributed by atoms with E-state index >= 15 is 0 Å². The van der Waals surface area contributed by atoms with Crippen LogP contribution in [0.15, 0.2) is 30.3 Å². The summed E-state index contributed by atoms with van der Waals surface area (Å²) in [5, 5.41) is 3.48. The summed E-state index contributed by atoms with van der Waals surface area (Å²) in [6.07, 6.45) is 6.21. The average Bonchev–Trinajstić information content (AvgIpc) is 2.48. The number of halogens is 1. The van der Waals surface area contributed by atoms with Crippen LogP contribution < -0.4 is 5.32 Å². The summed E-state index contributed by atoms with van der Waals surface area (Å²) >= 11 is 0. The van der Waals surface area contributed by atoms with E-state index in [1.54, 1.807) is 12.1 Å². The molecule has 0 unspecified atom stereocenters. The van der Waals surface area contributed by atoms with Gasteiger partial charge in [0.1, 0.15) is 17.5 Å². The van der Waals surface area contributed by atoms with Crippen LogP contribution >= 0.6 is 0 Å². The molecule has 1 fully saturated rings. The smallest absolute Gasteiger partial charge is 0.132 e. The summed E-state index contributed by atoms with van der Waals surface area (Å²) in [5.74, 6) is 1.21. The first-order chi connectivity index (χ1) is 10.2. The van der Waals surface area contributed by atoms with Gasteiger partial charge in [0.15, 0.2) is 0 Å². The molecule has 0 atom stereocenters. The van der Waals surface area contributed by atoms with Gasteiger partial charge in [-0.1, -0.05) is 31.4 Å². The van der Waals surface area contributed by atoms with Gasteiger partial charge in [-0.3, -0.25) is 0 Å². The maximum Gasteiger partial charge on any atom is 0.132 e. The lowest BCUT2D eigenvalue weighted by Crippen LogP contribution is -2.23. The second-order valence-electron chi connectivity index (χ2n) is 5.64. The maximum absolute atomic E-state index is 13.9. The minimum absolute atomic E-state index is 0.251. The van der Waals surface area contributed by atoms with Gasteiger partial charge in [-0.15, -0.1) is 0 Å². The van der Waals surface area contributed by atoms with Gasteiger partial charge in [0.2, 0.25) is 0 Å². The van der Waals surface area contributed by atoms with E-state index < -0.39 is 0 Å². The largest absolute Gasteiger partial charge is 0.367 e. The molecule has 21 heavy (non-hydrogen) atoms. The molecule has 0 saturated heterocycles. The summed E-state index contributed by atoms with van der Waals surface area (Å²) in [6.45, 7) is 1.84. The molecule has 2 aromatic rings. The fraction of sp³-hybridized carbons (Fsp3) is 0.412. The van der Waals surface area contributed by atoms with Crippen LogP contribution in [0, 0.1) is 12.7 Å². The van der Waals surface area contributed by atoms with Gasteiger partial charge in [-0.2, -0.15) is 0 Å². The molecule has 3 nitrogen and oxygen atoms in total. The average molecular weight is 285 g/mol. The molecule has 0 amide bonds. The number of hydrogen-bond acceptors (Lipinski definition) is 3. The Morgan fingerprint density at radius 3 is 2.62 bits per heavy atom. The standard InChI is InChI=1S/C17H20FN3/c1-12-19-16(14-9-5-6-10-15(14)18)11-17(20-12)21-13-7-3-2-4-8-13/h5-6,9-11,13H,2-4,7-8H2,1H3,(H,19,20,21). The highest BCUT2D eigenvalue weighted by Gasteiger charge is 2.15. The number of hydrogen-bond donors (Lipinski definition) is 1. The SMILES string of the molecule is Cc1nc(NC2CCCCC2)cc(-c2ccccc2F)n1. The highest BCUT2D eigenvalue weighted by molar-refractivity contribution is 5.63. The Labute approximate surface area is 124 Å². The van der Waals surface area contributed by atoms with Crippen molar-refractivity contribution in [3.63, 3.8) is 0 Å². The van der Waals surface area contributed by atoms with Gasteiger partial charge in [-0.25, -0.2) is 14.4 Å².